The Morgan fingerprint density at radius 3 is 2.23 bits per heavy atom. The number of phenols is 1. The first-order valence-corrected chi connectivity index (χ1v) is 11.2. The topological polar surface area (TPSA) is 103 Å². The summed E-state index contributed by atoms with van der Waals surface area (Å²) >= 11 is 0. The Hall–Kier alpha value is -3.94. The SMILES string of the molecule is COC(=O)C1=C(C)NC2=C(C(=O)C[C@@H](c3ccc(OC)c(OC)c3)C2)[C@@H]1c1ccc(O)c(OC)c1. The molecule has 2 aromatic rings. The van der Waals surface area contributed by atoms with Crippen molar-refractivity contribution < 1.29 is 33.6 Å². The van der Waals surface area contributed by atoms with E-state index in [0.717, 1.165) is 11.3 Å². The van der Waals surface area contributed by atoms with Crippen molar-refractivity contribution in [2.75, 3.05) is 28.4 Å². The summed E-state index contributed by atoms with van der Waals surface area (Å²) in [7, 11) is 5.93. The number of phenolic OH excluding ortho intramolecular Hbond substituents is 1. The fourth-order valence-corrected chi connectivity index (χ4v) is 4.97. The minimum Gasteiger partial charge on any atom is -0.504 e. The molecular weight excluding hydrogens is 450 g/mol. The van der Waals surface area contributed by atoms with E-state index in [0.29, 0.717) is 40.3 Å². The lowest BCUT2D eigenvalue weighted by atomic mass is 9.71. The molecule has 1 aliphatic carbocycles. The van der Waals surface area contributed by atoms with Gasteiger partial charge < -0.3 is 29.4 Å². The maximum Gasteiger partial charge on any atom is 0.336 e. The standard InChI is InChI=1S/C27H29NO7/c1-14-24(27(31)35-5)25(16-6-8-19(29)22(13-16)33-3)26-18(28-14)10-17(11-20(26)30)15-7-9-21(32-2)23(12-15)34-4/h6-9,12-13,17,25,28-29H,10-11H2,1-5H3/t17-,25+/m0/s1. The fraction of sp³-hybridized carbons (Fsp3) is 0.333. The second kappa shape index (κ2) is 9.74. The van der Waals surface area contributed by atoms with Crippen molar-refractivity contribution in [1.82, 2.24) is 5.32 Å². The number of methoxy groups -OCH3 is 4. The highest BCUT2D eigenvalue weighted by atomic mass is 16.5. The van der Waals surface area contributed by atoms with Gasteiger partial charge in [0.15, 0.2) is 28.8 Å². The molecule has 2 aliphatic rings. The van der Waals surface area contributed by atoms with E-state index in [1.54, 1.807) is 33.3 Å². The molecular formula is C27H29NO7. The summed E-state index contributed by atoms with van der Waals surface area (Å²) in [5, 5.41) is 13.4. The van der Waals surface area contributed by atoms with Crippen LogP contribution in [0.2, 0.25) is 0 Å². The smallest absolute Gasteiger partial charge is 0.336 e. The number of Topliss-reactive ketones (excluding diaryl/α,β-unsaturated/α-hetero) is 1. The van der Waals surface area contributed by atoms with Gasteiger partial charge in [0.1, 0.15) is 0 Å². The third-order valence-electron chi connectivity index (χ3n) is 6.65. The van der Waals surface area contributed by atoms with E-state index in [4.69, 9.17) is 18.9 Å². The van der Waals surface area contributed by atoms with Crippen LogP contribution in [0.15, 0.2) is 58.9 Å². The van der Waals surface area contributed by atoms with E-state index < -0.39 is 11.9 Å². The third-order valence-corrected chi connectivity index (χ3v) is 6.65. The van der Waals surface area contributed by atoms with Gasteiger partial charge in [0.05, 0.1) is 34.0 Å². The summed E-state index contributed by atoms with van der Waals surface area (Å²) in [5.74, 6) is 0.157. The summed E-state index contributed by atoms with van der Waals surface area (Å²) in [6.07, 6.45) is 0.850. The van der Waals surface area contributed by atoms with Crippen molar-refractivity contribution in [3.8, 4) is 23.0 Å². The van der Waals surface area contributed by atoms with Gasteiger partial charge in [-0.2, -0.15) is 0 Å². The highest BCUT2D eigenvalue weighted by Crippen LogP contribution is 2.47. The highest BCUT2D eigenvalue weighted by Gasteiger charge is 2.41. The van der Waals surface area contributed by atoms with Gasteiger partial charge in [-0.25, -0.2) is 4.79 Å². The number of allylic oxidation sites excluding steroid dienone is 3. The molecule has 2 aromatic carbocycles. The Balaban J connectivity index is 1.80. The van der Waals surface area contributed by atoms with Crippen LogP contribution in [0.5, 0.6) is 23.0 Å². The number of aromatic hydroxyl groups is 1. The summed E-state index contributed by atoms with van der Waals surface area (Å²) in [4.78, 5) is 26.5. The maximum atomic E-state index is 13.6. The minimum atomic E-state index is -0.646. The second-order valence-electron chi connectivity index (χ2n) is 8.55. The third kappa shape index (κ3) is 4.32. The summed E-state index contributed by atoms with van der Waals surface area (Å²) < 4.78 is 21.1. The Morgan fingerprint density at radius 2 is 1.57 bits per heavy atom. The number of hydrogen-bond donors (Lipinski definition) is 2. The molecule has 4 rings (SSSR count). The zero-order valence-corrected chi connectivity index (χ0v) is 20.4. The van der Waals surface area contributed by atoms with Crippen LogP contribution < -0.4 is 19.5 Å². The van der Waals surface area contributed by atoms with Crippen LogP contribution in [-0.2, 0) is 14.3 Å². The number of ketones is 1. The number of carbonyl (C=O) groups is 2. The van der Waals surface area contributed by atoms with Gasteiger partial charge in [-0.3, -0.25) is 4.79 Å². The maximum absolute atomic E-state index is 13.6. The number of benzene rings is 2. The molecule has 0 unspecified atom stereocenters. The van der Waals surface area contributed by atoms with Crippen molar-refractivity contribution >= 4 is 11.8 Å². The van der Waals surface area contributed by atoms with Gasteiger partial charge >= 0.3 is 5.97 Å². The van der Waals surface area contributed by atoms with Gasteiger partial charge in [0.2, 0.25) is 0 Å². The lowest BCUT2D eigenvalue weighted by Gasteiger charge is -2.36. The van der Waals surface area contributed by atoms with Crippen LogP contribution >= 0.6 is 0 Å². The predicted octanol–water partition coefficient (Wildman–Crippen LogP) is 3.95. The lowest BCUT2D eigenvalue weighted by molar-refractivity contribution is -0.136. The zero-order chi connectivity index (χ0) is 25.3. The number of carbonyl (C=O) groups excluding carboxylic acids is 2. The van der Waals surface area contributed by atoms with E-state index in [-0.39, 0.29) is 29.6 Å². The number of dihydropyridines is 1. The van der Waals surface area contributed by atoms with Crippen LogP contribution in [0, 0.1) is 0 Å². The van der Waals surface area contributed by atoms with Crippen molar-refractivity contribution in [1.29, 1.82) is 0 Å². The average Bonchev–Trinajstić information content (AvgIpc) is 2.87. The molecule has 2 N–H and O–H groups in total. The van der Waals surface area contributed by atoms with Gasteiger partial charge in [0.25, 0.3) is 0 Å². The van der Waals surface area contributed by atoms with Crippen LogP contribution in [0.4, 0.5) is 0 Å². The molecule has 0 bridgehead atoms. The largest absolute Gasteiger partial charge is 0.504 e. The highest BCUT2D eigenvalue weighted by molar-refractivity contribution is 6.04. The first-order valence-electron chi connectivity index (χ1n) is 11.2. The van der Waals surface area contributed by atoms with Crippen molar-refractivity contribution in [3.63, 3.8) is 0 Å². The van der Waals surface area contributed by atoms with E-state index >= 15 is 0 Å². The number of nitrogens with one attached hydrogen (secondary N) is 1. The molecule has 0 saturated heterocycles. The van der Waals surface area contributed by atoms with Gasteiger partial charge in [0, 0.05) is 29.3 Å². The molecule has 0 radical (unpaired) electrons. The summed E-state index contributed by atoms with van der Waals surface area (Å²) in [5.41, 5.74) is 3.90. The van der Waals surface area contributed by atoms with Gasteiger partial charge in [-0.1, -0.05) is 12.1 Å². The number of hydrogen-bond acceptors (Lipinski definition) is 8. The first kappa shape index (κ1) is 24.2. The van der Waals surface area contributed by atoms with Gasteiger partial charge in [-0.15, -0.1) is 0 Å². The molecule has 8 heteroatoms. The van der Waals surface area contributed by atoms with E-state index in [9.17, 15) is 14.7 Å². The molecule has 1 aliphatic heterocycles. The molecule has 1 heterocycles. The Kier molecular flexibility index (Phi) is 6.73. The Morgan fingerprint density at radius 1 is 0.914 bits per heavy atom. The van der Waals surface area contributed by atoms with E-state index in [1.807, 2.05) is 18.2 Å². The van der Waals surface area contributed by atoms with Crippen LogP contribution in [0.1, 0.15) is 42.7 Å². The van der Waals surface area contributed by atoms with Crippen molar-refractivity contribution in [2.24, 2.45) is 0 Å². The quantitative estimate of drug-likeness (QED) is 0.601. The molecule has 0 spiro atoms. The molecule has 2 atom stereocenters. The monoisotopic (exact) mass is 479 g/mol. The second-order valence-corrected chi connectivity index (χ2v) is 8.55. The first-order chi connectivity index (χ1) is 16.8. The van der Waals surface area contributed by atoms with Crippen LogP contribution in [-0.4, -0.2) is 45.3 Å². The zero-order valence-electron chi connectivity index (χ0n) is 20.4. The predicted molar refractivity (Wildman–Crippen MR) is 129 cm³/mol. The van der Waals surface area contributed by atoms with Crippen LogP contribution in [0.25, 0.3) is 0 Å². The van der Waals surface area contributed by atoms with Gasteiger partial charge in [-0.05, 0) is 54.7 Å². The van der Waals surface area contributed by atoms with Crippen molar-refractivity contribution in [3.05, 3.63) is 70.1 Å². The Bertz CT molecular complexity index is 1240. The minimum absolute atomic E-state index is 0.0248. The number of ether oxygens (including phenoxy) is 4. The molecule has 0 aromatic heterocycles. The molecule has 0 fully saturated rings. The number of esters is 1. The average molecular weight is 480 g/mol. The van der Waals surface area contributed by atoms with E-state index in [2.05, 4.69) is 5.32 Å². The van der Waals surface area contributed by atoms with Crippen LogP contribution in [0.3, 0.4) is 0 Å². The molecule has 8 nitrogen and oxygen atoms in total. The normalized spacial score (nSPS) is 19.6. The fourth-order valence-electron chi connectivity index (χ4n) is 4.97. The molecule has 184 valence electrons. The van der Waals surface area contributed by atoms with Crippen molar-refractivity contribution in [2.45, 2.75) is 31.6 Å². The Labute approximate surface area is 204 Å². The number of rotatable bonds is 6. The van der Waals surface area contributed by atoms with E-state index in [1.165, 1.54) is 20.3 Å². The lowest BCUT2D eigenvalue weighted by Crippen LogP contribution is -2.36. The molecule has 0 saturated carbocycles. The molecule has 35 heavy (non-hydrogen) atoms. The molecule has 0 amide bonds. The summed E-state index contributed by atoms with van der Waals surface area (Å²) in [6.45, 7) is 1.80. The summed E-state index contributed by atoms with van der Waals surface area (Å²) in [6, 6.07) is 10.5.